The van der Waals surface area contributed by atoms with E-state index in [-0.39, 0.29) is 31.9 Å². The van der Waals surface area contributed by atoms with Crippen molar-refractivity contribution < 1.29 is 24.5 Å². The van der Waals surface area contributed by atoms with Crippen molar-refractivity contribution in [2.75, 3.05) is 0 Å². The molecular weight excluding hydrogens is 1000 g/mol. The Morgan fingerprint density at radius 1 is 0.621 bits per heavy atom. The summed E-state index contributed by atoms with van der Waals surface area (Å²) in [4.78, 5) is 15.0. The maximum atomic E-state index is 6.93. The second kappa shape index (κ2) is 18.1. The Morgan fingerprint density at radius 2 is 1.33 bits per heavy atom. The van der Waals surface area contributed by atoms with E-state index in [4.69, 9.17) is 14.4 Å². The van der Waals surface area contributed by atoms with Crippen molar-refractivity contribution >= 4 is 67.9 Å². The maximum Gasteiger partial charge on any atom is 0.147 e. The second-order valence-corrected chi connectivity index (χ2v) is 23.8. The smallest absolute Gasteiger partial charge is 0.147 e. The van der Waals surface area contributed by atoms with Crippen molar-refractivity contribution in [2.24, 2.45) is 0 Å². The molecule has 0 aliphatic rings. The van der Waals surface area contributed by atoms with Gasteiger partial charge in [-0.3, -0.25) is 9.97 Å². The summed E-state index contributed by atoms with van der Waals surface area (Å²) in [6, 6.07) is 59.8. The number of imidazole rings is 1. The van der Waals surface area contributed by atoms with E-state index in [0.717, 1.165) is 72.2 Å². The molecular formula is C59H52IrN4OSi-2. The van der Waals surface area contributed by atoms with Gasteiger partial charge in [-0.05, 0) is 98.4 Å². The number of fused-ring (bicyclic) bond motifs is 8. The minimum absolute atomic E-state index is 0. The molecule has 11 rings (SSSR count). The van der Waals surface area contributed by atoms with E-state index >= 15 is 0 Å². The monoisotopic (exact) mass is 1050 g/mol. The Labute approximate surface area is 402 Å². The number of para-hydroxylation sites is 2. The predicted octanol–water partition coefficient (Wildman–Crippen LogP) is 15.4. The number of hydrogen-bond acceptors (Lipinski definition) is 4. The van der Waals surface area contributed by atoms with Gasteiger partial charge in [-0.25, -0.2) is 0 Å². The zero-order valence-corrected chi connectivity index (χ0v) is 42.1. The molecule has 7 aromatic carbocycles. The van der Waals surface area contributed by atoms with Gasteiger partial charge in [0.15, 0.2) is 0 Å². The van der Waals surface area contributed by atoms with E-state index in [1.807, 2.05) is 36.5 Å². The molecule has 0 atom stereocenters. The molecule has 0 aliphatic heterocycles. The summed E-state index contributed by atoms with van der Waals surface area (Å²) in [6.07, 6.45) is 2.02. The number of aryl methyl sites for hydroxylation is 1. The Bertz CT molecular complexity index is 3500. The van der Waals surface area contributed by atoms with Crippen molar-refractivity contribution in [1.29, 1.82) is 0 Å². The number of aromatic nitrogens is 4. The van der Waals surface area contributed by atoms with Crippen LogP contribution in [0, 0.1) is 19.1 Å². The predicted molar refractivity (Wildman–Crippen MR) is 275 cm³/mol. The van der Waals surface area contributed by atoms with Gasteiger partial charge in [0.2, 0.25) is 0 Å². The standard InChI is InChI=1S/C45H36N3O.C14H16NSi.Ir/c1-26(2)36-24-31(29-14-7-6-8-15-29)25-37(27(3)4)42(36)48-39-21-12-11-20-38(39)47-45(48)35-19-13-18-34-41-44(49-43(34)35)33-23-22-30-16-9-10-17-32(30)40(33)28(5)46-41;1-16(2,3)13-9-10-14(15-11-13)12-7-5-4-6-8-12;/h6-18,20-27H,1-5H3;4-7,9-11H,1-3H3;/q2*-1;. The van der Waals surface area contributed by atoms with E-state index in [1.54, 1.807) is 0 Å². The molecule has 329 valence electrons. The molecule has 0 saturated carbocycles. The van der Waals surface area contributed by atoms with Gasteiger partial charge in [-0.15, -0.1) is 54.1 Å². The molecule has 7 heteroatoms. The van der Waals surface area contributed by atoms with E-state index < -0.39 is 8.07 Å². The van der Waals surface area contributed by atoms with Crippen LogP contribution in [0.2, 0.25) is 19.6 Å². The molecule has 0 unspecified atom stereocenters. The van der Waals surface area contributed by atoms with Crippen LogP contribution >= 0.6 is 0 Å². The van der Waals surface area contributed by atoms with E-state index in [2.05, 4.69) is 197 Å². The Morgan fingerprint density at radius 3 is 2.03 bits per heavy atom. The van der Waals surface area contributed by atoms with Gasteiger partial charge in [-0.2, -0.15) is 0 Å². The molecule has 0 spiro atoms. The quantitative estimate of drug-likeness (QED) is 0.0907. The van der Waals surface area contributed by atoms with E-state index in [1.165, 1.54) is 43.9 Å². The minimum Gasteiger partial charge on any atom is -0.498 e. The Balaban J connectivity index is 0.000000273. The van der Waals surface area contributed by atoms with Crippen LogP contribution in [0.4, 0.5) is 0 Å². The third kappa shape index (κ3) is 8.10. The molecule has 0 aliphatic carbocycles. The van der Waals surface area contributed by atoms with E-state index in [9.17, 15) is 0 Å². The van der Waals surface area contributed by atoms with Crippen LogP contribution in [-0.4, -0.2) is 27.6 Å². The van der Waals surface area contributed by atoms with Crippen molar-refractivity contribution in [3.8, 4) is 39.5 Å². The van der Waals surface area contributed by atoms with Crippen molar-refractivity contribution in [3.63, 3.8) is 0 Å². The first-order chi connectivity index (χ1) is 31.5. The van der Waals surface area contributed by atoms with E-state index in [0.29, 0.717) is 0 Å². The van der Waals surface area contributed by atoms with Crippen LogP contribution in [0.1, 0.15) is 56.4 Å². The second-order valence-electron chi connectivity index (χ2n) is 18.7. The summed E-state index contributed by atoms with van der Waals surface area (Å²) in [6.45, 7) is 18.2. The van der Waals surface area contributed by atoms with Gasteiger partial charge in [0.05, 0.1) is 36.0 Å². The molecule has 0 amide bonds. The average Bonchev–Trinajstić information content (AvgIpc) is 3.90. The summed E-state index contributed by atoms with van der Waals surface area (Å²) in [7, 11) is -1.23. The summed E-state index contributed by atoms with van der Waals surface area (Å²) < 4.78 is 9.29. The summed E-state index contributed by atoms with van der Waals surface area (Å²) in [5.74, 6) is 1.35. The van der Waals surface area contributed by atoms with Crippen LogP contribution in [0.3, 0.4) is 0 Å². The largest absolute Gasteiger partial charge is 0.498 e. The van der Waals surface area contributed by atoms with Crippen LogP contribution in [0.15, 0.2) is 162 Å². The molecule has 5 nitrogen and oxygen atoms in total. The third-order valence-corrected chi connectivity index (χ3v) is 14.6. The third-order valence-electron chi connectivity index (χ3n) is 12.6. The number of hydrogen-bond donors (Lipinski definition) is 0. The Kier molecular flexibility index (Phi) is 12.2. The average molecular weight is 1050 g/mol. The first kappa shape index (κ1) is 44.7. The SMILES string of the molecule is C[Si](C)(C)c1ccc(-c2[c-]cccc2)nc1.Cc1nc2c3cc[c-]c(-c4nc5ccccc5n4-c4c(C(C)C)cc(-c5ccccc5)cc4C(C)C)c3oc2c2ccc3ccccc3c12.[Ir]. The fourth-order valence-electron chi connectivity index (χ4n) is 9.17. The van der Waals surface area contributed by atoms with Crippen LogP contribution in [0.25, 0.3) is 94.1 Å². The molecule has 0 saturated heterocycles. The minimum atomic E-state index is -1.23. The zero-order chi connectivity index (χ0) is 45.0. The molecule has 11 aromatic rings. The van der Waals surface area contributed by atoms with Crippen LogP contribution < -0.4 is 5.19 Å². The normalized spacial score (nSPS) is 11.8. The van der Waals surface area contributed by atoms with Crippen LogP contribution in [-0.2, 0) is 20.1 Å². The van der Waals surface area contributed by atoms with Crippen molar-refractivity contribution in [3.05, 3.63) is 187 Å². The number of nitrogens with zero attached hydrogens (tertiary/aromatic N) is 4. The molecule has 66 heavy (non-hydrogen) atoms. The van der Waals surface area contributed by atoms with Crippen molar-refractivity contribution in [2.45, 2.75) is 66.1 Å². The number of rotatable bonds is 7. The summed E-state index contributed by atoms with van der Waals surface area (Å²) >= 11 is 0. The van der Waals surface area contributed by atoms with Gasteiger partial charge in [-0.1, -0.05) is 138 Å². The number of benzene rings is 7. The number of furan rings is 1. The zero-order valence-electron chi connectivity index (χ0n) is 38.7. The first-order valence-electron chi connectivity index (χ1n) is 22.7. The van der Waals surface area contributed by atoms with Crippen LogP contribution in [0.5, 0.6) is 0 Å². The topological polar surface area (TPSA) is 56.7 Å². The molecule has 0 fully saturated rings. The molecule has 4 aromatic heterocycles. The van der Waals surface area contributed by atoms with Gasteiger partial charge in [0, 0.05) is 48.5 Å². The van der Waals surface area contributed by atoms with Gasteiger partial charge in [0.25, 0.3) is 0 Å². The molecule has 0 bridgehead atoms. The van der Waals surface area contributed by atoms with Gasteiger partial charge < -0.3 is 14.0 Å². The fraction of sp³-hybridized carbons (Fsp3) is 0.169. The summed E-state index contributed by atoms with van der Waals surface area (Å²) in [5, 5.41) is 6.93. The van der Waals surface area contributed by atoms with Gasteiger partial charge >= 0.3 is 0 Å². The first-order valence-corrected chi connectivity index (χ1v) is 26.2. The van der Waals surface area contributed by atoms with Gasteiger partial charge in [0.1, 0.15) is 5.58 Å². The molecule has 4 heterocycles. The fourth-order valence-corrected chi connectivity index (χ4v) is 10.2. The number of pyridine rings is 2. The molecule has 1 radical (unpaired) electrons. The van der Waals surface area contributed by atoms with Crippen molar-refractivity contribution in [1.82, 2.24) is 19.5 Å². The molecule has 0 N–H and O–H groups in total. The maximum absolute atomic E-state index is 6.93. The summed E-state index contributed by atoms with van der Waals surface area (Å²) in [5.41, 5.74) is 14.5. The Hall–Kier alpha value is -6.50.